The van der Waals surface area contributed by atoms with E-state index in [1.165, 1.54) is 12.1 Å². The minimum atomic E-state index is -0.628. The molecule has 30 heavy (non-hydrogen) atoms. The second-order valence-corrected chi connectivity index (χ2v) is 7.46. The maximum Gasteiger partial charge on any atom is 0.223 e. The number of nitrogens with one attached hydrogen (secondary N) is 1. The van der Waals surface area contributed by atoms with Crippen molar-refractivity contribution in [3.8, 4) is 5.75 Å². The van der Waals surface area contributed by atoms with Crippen LogP contribution in [0.25, 0.3) is 0 Å². The normalized spacial score (nSPS) is 14.1. The van der Waals surface area contributed by atoms with Crippen LogP contribution in [0.3, 0.4) is 0 Å². The second-order valence-electron chi connectivity index (χ2n) is 7.46. The summed E-state index contributed by atoms with van der Waals surface area (Å²) in [6.45, 7) is 4.83. The highest BCUT2D eigenvalue weighted by molar-refractivity contribution is 5.85. The molecule has 1 heterocycles. The van der Waals surface area contributed by atoms with Gasteiger partial charge in [0.1, 0.15) is 17.4 Å². The third-order valence-corrected chi connectivity index (χ3v) is 5.26. The fourth-order valence-corrected chi connectivity index (χ4v) is 3.63. The van der Waals surface area contributed by atoms with Gasteiger partial charge in [0.2, 0.25) is 5.91 Å². The lowest BCUT2D eigenvalue weighted by Crippen LogP contribution is -2.35. The van der Waals surface area contributed by atoms with E-state index in [1.807, 2.05) is 31.2 Å². The van der Waals surface area contributed by atoms with Gasteiger partial charge in [-0.25, -0.2) is 8.78 Å². The molecule has 1 N–H and O–H groups in total. The SMILES string of the molecule is CCOc1ccc(CN(Cc2ccc(F)cc2F)C(=O)CC2CCNCC2)cc1.Cl. The summed E-state index contributed by atoms with van der Waals surface area (Å²) < 4.78 is 32.9. The average Bonchev–Trinajstić information content (AvgIpc) is 2.71. The summed E-state index contributed by atoms with van der Waals surface area (Å²) in [5.74, 6) is -0.144. The molecule has 0 saturated carbocycles. The van der Waals surface area contributed by atoms with Gasteiger partial charge in [0.05, 0.1) is 6.61 Å². The zero-order valence-electron chi connectivity index (χ0n) is 17.2. The lowest BCUT2D eigenvalue weighted by molar-refractivity contribution is -0.133. The van der Waals surface area contributed by atoms with Crippen LogP contribution in [0.5, 0.6) is 5.75 Å². The van der Waals surface area contributed by atoms with Gasteiger partial charge in [-0.05, 0) is 62.5 Å². The van der Waals surface area contributed by atoms with Gasteiger partial charge in [-0.1, -0.05) is 18.2 Å². The molecule has 2 aromatic carbocycles. The van der Waals surface area contributed by atoms with Crippen molar-refractivity contribution in [2.75, 3.05) is 19.7 Å². The Morgan fingerprint density at radius 2 is 1.80 bits per heavy atom. The Morgan fingerprint density at radius 3 is 2.43 bits per heavy atom. The molecule has 7 heteroatoms. The summed E-state index contributed by atoms with van der Waals surface area (Å²) >= 11 is 0. The molecule has 1 fully saturated rings. The second kappa shape index (κ2) is 11.9. The van der Waals surface area contributed by atoms with E-state index in [-0.39, 0.29) is 24.9 Å². The topological polar surface area (TPSA) is 41.6 Å². The first kappa shape index (κ1) is 24.1. The van der Waals surface area contributed by atoms with E-state index >= 15 is 0 Å². The Labute approximate surface area is 183 Å². The molecule has 1 aliphatic heterocycles. The molecule has 0 radical (unpaired) electrons. The van der Waals surface area contributed by atoms with Crippen molar-refractivity contribution in [2.45, 2.75) is 39.3 Å². The number of ether oxygens (including phenoxy) is 1. The Kier molecular flexibility index (Phi) is 9.53. The van der Waals surface area contributed by atoms with Gasteiger partial charge in [0.15, 0.2) is 0 Å². The summed E-state index contributed by atoms with van der Waals surface area (Å²) in [6.07, 6.45) is 2.38. The highest BCUT2D eigenvalue weighted by Gasteiger charge is 2.22. The highest BCUT2D eigenvalue weighted by atomic mass is 35.5. The Bertz CT molecular complexity index is 811. The molecule has 0 unspecified atom stereocenters. The number of carbonyl (C=O) groups excluding carboxylic acids is 1. The van der Waals surface area contributed by atoms with Gasteiger partial charge in [-0.2, -0.15) is 0 Å². The number of nitrogens with zero attached hydrogens (tertiary/aromatic N) is 1. The standard InChI is InChI=1S/C23H28F2N2O2.ClH/c1-2-29-21-7-3-18(4-8-21)15-27(16-19-5-6-20(24)14-22(19)25)23(28)13-17-9-11-26-12-10-17;/h3-8,14,17,26H,2,9-13,15-16H2,1H3;1H. The summed E-state index contributed by atoms with van der Waals surface area (Å²) in [5, 5.41) is 3.30. The van der Waals surface area contributed by atoms with Crippen molar-refractivity contribution in [3.63, 3.8) is 0 Å². The van der Waals surface area contributed by atoms with Crippen LogP contribution in [-0.2, 0) is 17.9 Å². The summed E-state index contributed by atoms with van der Waals surface area (Å²) in [6, 6.07) is 11.1. The fraction of sp³-hybridized carbons (Fsp3) is 0.435. The van der Waals surface area contributed by atoms with Crippen molar-refractivity contribution in [1.82, 2.24) is 10.2 Å². The van der Waals surface area contributed by atoms with E-state index in [2.05, 4.69) is 5.32 Å². The van der Waals surface area contributed by atoms with Gasteiger partial charge in [-0.15, -0.1) is 12.4 Å². The number of halogens is 3. The van der Waals surface area contributed by atoms with Crippen LogP contribution in [0.15, 0.2) is 42.5 Å². The van der Waals surface area contributed by atoms with Crippen LogP contribution in [0.4, 0.5) is 8.78 Å². The predicted octanol–water partition coefficient (Wildman–Crippen LogP) is 4.70. The average molecular weight is 439 g/mol. The maximum atomic E-state index is 14.2. The molecule has 2 aromatic rings. The zero-order valence-corrected chi connectivity index (χ0v) is 18.0. The van der Waals surface area contributed by atoms with E-state index in [1.54, 1.807) is 4.90 Å². The zero-order chi connectivity index (χ0) is 20.6. The lowest BCUT2D eigenvalue weighted by atomic mass is 9.94. The molecule has 0 atom stereocenters. The number of carbonyl (C=O) groups is 1. The third kappa shape index (κ3) is 6.96. The quantitative estimate of drug-likeness (QED) is 0.649. The van der Waals surface area contributed by atoms with Crippen LogP contribution in [0.2, 0.25) is 0 Å². The van der Waals surface area contributed by atoms with Crippen LogP contribution >= 0.6 is 12.4 Å². The highest BCUT2D eigenvalue weighted by Crippen LogP contribution is 2.21. The van der Waals surface area contributed by atoms with Crippen LogP contribution in [0, 0.1) is 17.6 Å². The minimum Gasteiger partial charge on any atom is -0.494 e. The van der Waals surface area contributed by atoms with Crippen molar-refractivity contribution in [2.24, 2.45) is 5.92 Å². The van der Waals surface area contributed by atoms with E-state index in [0.717, 1.165) is 43.3 Å². The van der Waals surface area contributed by atoms with E-state index in [0.29, 0.717) is 31.1 Å². The van der Waals surface area contributed by atoms with Gasteiger partial charge in [-0.3, -0.25) is 4.79 Å². The number of hydrogen-bond acceptors (Lipinski definition) is 3. The van der Waals surface area contributed by atoms with Crippen LogP contribution < -0.4 is 10.1 Å². The molecule has 1 saturated heterocycles. The number of amides is 1. The van der Waals surface area contributed by atoms with Crippen molar-refractivity contribution in [3.05, 3.63) is 65.2 Å². The maximum absolute atomic E-state index is 14.2. The first-order valence-electron chi connectivity index (χ1n) is 10.2. The van der Waals surface area contributed by atoms with Crippen molar-refractivity contribution >= 4 is 18.3 Å². The molecule has 0 bridgehead atoms. The number of benzene rings is 2. The molecule has 3 rings (SSSR count). The number of rotatable bonds is 8. The van der Waals surface area contributed by atoms with Crippen molar-refractivity contribution in [1.29, 1.82) is 0 Å². The van der Waals surface area contributed by atoms with Gasteiger partial charge in [0, 0.05) is 31.1 Å². The van der Waals surface area contributed by atoms with Crippen LogP contribution in [0.1, 0.15) is 37.3 Å². The summed E-state index contributed by atoms with van der Waals surface area (Å²) in [5.41, 5.74) is 1.26. The molecule has 164 valence electrons. The fourth-order valence-electron chi connectivity index (χ4n) is 3.63. The predicted molar refractivity (Wildman–Crippen MR) is 116 cm³/mol. The van der Waals surface area contributed by atoms with Gasteiger partial charge < -0.3 is 15.0 Å². The van der Waals surface area contributed by atoms with Gasteiger partial charge >= 0.3 is 0 Å². The number of hydrogen-bond donors (Lipinski definition) is 1. The molecule has 0 aromatic heterocycles. The molecule has 1 aliphatic rings. The van der Waals surface area contributed by atoms with E-state index < -0.39 is 11.6 Å². The largest absolute Gasteiger partial charge is 0.494 e. The smallest absolute Gasteiger partial charge is 0.223 e. The first-order chi connectivity index (χ1) is 14.0. The summed E-state index contributed by atoms with van der Waals surface area (Å²) in [7, 11) is 0. The molecular formula is C23H29ClF2N2O2. The molecule has 0 spiro atoms. The number of piperidine rings is 1. The molecule has 0 aliphatic carbocycles. The molecular weight excluding hydrogens is 410 g/mol. The third-order valence-electron chi connectivity index (χ3n) is 5.26. The summed E-state index contributed by atoms with van der Waals surface area (Å²) in [4.78, 5) is 14.7. The van der Waals surface area contributed by atoms with E-state index in [4.69, 9.17) is 4.74 Å². The molecule has 1 amide bonds. The molecule has 4 nitrogen and oxygen atoms in total. The Morgan fingerprint density at radius 1 is 1.10 bits per heavy atom. The monoisotopic (exact) mass is 438 g/mol. The Hall–Kier alpha value is -2.18. The first-order valence-corrected chi connectivity index (χ1v) is 10.2. The van der Waals surface area contributed by atoms with Crippen LogP contribution in [-0.4, -0.2) is 30.5 Å². The minimum absolute atomic E-state index is 0. The Balaban J connectivity index is 0.00000320. The van der Waals surface area contributed by atoms with Gasteiger partial charge in [0.25, 0.3) is 0 Å². The van der Waals surface area contributed by atoms with E-state index in [9.17, 15) is 13.6 Å². The lowest BCUT2D eigenvalue weighted by Gasteiger charge is -2.28. The van der Waals surface area contributed by atoms with Crippen molar-refractivity contribution < 1.29 is 18.3 Å².